The topological polar surface area (TPSA) is 15.3 Å². The highest BCUT2D eigenvalue weighted by atomic mass is 15.1. The Hall–Kier alpha value is -1.02. The maximum Gasteiger partial charge on any atom is 0.0363 e. The summed E-state index contributed by atoms with van der Waals surface area (Å²) >= 11 is 0. The molecule has 0 heterocycles. The van der Waals surface area contributed by atoms with Gasteiger partial charge in [0.25, 0.3) is 0 Å². The van der Waals surface area contributed by atoms with Crippen molar-refractivity contribution in [3.63, 3.8) is 0 Å². The predicted molar refractivity (Wildman–Crippen MR) is 76.7 cm³/mol. The quantitative estimate of drug-likeness (QED) is 0.742. The van der Waals surface area contributed by atoms with Gasteiger partial charge in [-0.15, -0.1) is 0 Å². The molecule has 1 rings (SSSR count). The van der Waals surface area contributed by atoms with Gasteiger partial charge in [-0.2, -0.15) is 0 Å². The fourth-order valence-corrected chi connectivity index (χ4v) is 2.13. The van der Waals surface area contributed by atoms with Crippen molar-refractivity contribution in [1.82, 2.24) is 5.32 Å². The summed E-state index contributed by atoms with van der Waals surface area (Å²) in [4.78, 5) is 2.33. The van der Waals surface area contributed by atoms with E-state index < -0.39 is 0 Å². The van der Waals surface area contributed by atoms with Crippen LogP contribution >= 0.6 is 0 Å². The first kappa shape index (κ1) is 14.0. The van der Waals surface area contributed by atoms with Gasteiger partial charge in [0.1, 0.15) is 0 Å². The smallest absolute Gasteiger partial charge is 0.0363 e. The molecule has 0 bridgehead atoms. The number of nitrogens with zero attached hydrogens (tertiary/aromatic N) is 1. The minimum Gasteiger partial charge on any atom is -0.375 e. The fraction of sp³-hybridized carbons (Fsp3) is 0.600. The summed E-state index contributed by atoms with van der Waals surface area (Å²) in [5.74, 6) is 0. The van der Waals surface area contributed by atoms with Gasteiger partial charge in [-0.05, 0) is 37.9 Å². The van der Waals surface area contributed by atoms with Crippen LogP contribution in [0.1, 0.15) is 33.1 Å². The molecule has 2 nitrogen and oxygen atoms in total. The van der Waals surface area contributed by atoms with Crippen LogP contribution in [0.3, 0.4) is 0 Å². The number of benzene rings is 1. The van der Waals surface area contributed by atoms with E-state index in [1.165, 1.54) is 24.9 Å². The lowest BCUT2D eigenvalue weighted by Gasteiger charge is -2.21. The van der Waals surface area contributed by atoms with Crippen LogP contribution in [-0.4, -0.2) is 26.2 Å². The molecule has 0 saturated carbocycles. The lowest BCUT2D eigenvalue weighted by atomic mass is 10.1. The van der Waals surface area contributed by atoms with Crippen LogP contribution in [0.5, 0.6) is 0 Å². The molecule has 0 aromatic heterocycles. The largest absolute Gasteiger partial charge is 0.375 e. The van der Waals surface area contributed by atoms with Gasteiger partial charge in [0.05, 0.1) is 0 Å². The van der Waals surface area contributed by atoms with Crippen LogP contribution in [-0.2, 0) is 0 Å². The van der Waals surface area contributed by atoms with Gasteiger partial charge in [-0.1, -0.05) is 32.0 Å². The molecule has 0 aliphatic heterocycles. The van der Waals surface area contributed by atoms with Gasteiger partial charge in [-0.25, -0.2) is 0 Å². The van der Waals surface area contributed by atoms with Gasteiger partial charge in [-0.3, -0.25) is 0 Å². The first-order valence-corrected chi connectivity index (χ1v) is 6.77. The summed E-state index contributed by atoms with van der Waals surface area (Å²) in [7, 11) is 2.17. The highest BCUT2D eigenvalue weighted by Crippen LogP contribution is 2.12. The Morgan fingerprint density at radius 3 is 2.47 bits per heavy atom. The van der Waals surface area contributed by atoms with E-state index in [4.69, 9.17) is 0 Å². The molecule has 1 aromatic rings. The Kier molecular flexibility index (Phi) is 6.71. The maximum atomic E-state index is 3.53. The van der Waals surface area contributed by atoms with Crippen molar-refractivity contribution < 1.29 is 0 Å². The summed E-state index contributed by atoms with van der Waals surface area (Å²) < 4.78 is 0. The van der Waals surface area contributed by atoms with Crippen LogP contribution in [0.2, 0.25) is 0 Å². The minimum absolute atomic E-state index is 0.684. The summed E-state index contributed by atoms with van der Waals surface area (Å²) in [6.07, 6.45) is 3.74. The molecule has 0 amide bonds. The molecule has 0 spiro atoms. The molecular weight excluding hydrogens is 208 g/mol. The summed E-state index contributed by atoms with van der Waals surface area (Å²) in [5.41, 5.74) is 1.31. The number of rotatable bonds is 8. The zero-order valence-electron chi connectivity index (χ0n) is 11.4. The van der Waals surface area contributed by atoms with E-state index in [0.29, 0.717) is 6.04 Å². The molecule has 1 N–H and O–H groups in total. The highest BCUT2D eigenvalue weighted by molar-refractivity contribution is 5.44. The van der Waals surface area contributed by atoms with Crippen molar-refractivity contribution in [2.75, 3.05) is 25.0 Å². The third-order valence-electron chi connectivity index (χ3n) is 3.23. The van der Waals surface area contributed by atoms with Gasteiger partial charge in [0.15, 0.2) is 0 Å². The third-order valence-corrected chi connectivity index (χ3v) is 3.23. The van der Waals surface area contributed by atoms with Gasteiger partial charge in [0.2, 0.25) is 0 Å². The monoisotopic (exact) mass is 234 g/mol. The average molecular weight is 234 g/mol. The molecule has 96 valence electrons. The molecule has 0 fully saturated rings. The lowest BCUT2D eigenvalue weighted by molar-refractivity contribution is 0.468. The SMILES string of the molecule is CCNC(CC)CCCN(C)c1ccccc1. The highest BCUT2D eigenvalue weighted by Gasteiger charge is 2.05. The van der Waals surface area contributed by atoms with E-state index in [9.17, 15) is 0 Å². The van der Waals surface area contributed by atoms with E-state index in [-0.39, 0.29) is 0 Å². The second-order valence-electron chi connectivity index (χ2n) is 4.56. The van der Waals surface area contributed by atoms with Crippen molar-refractivity contribution >= 4 is 5.69 Å². The van der Waals surface area contributed by atoms with Crippen molar-refractivity contribution in [1.29, 1.82) is 0 Å². The van der Waals surface area contributed by atoms with Crippen LogP contribution in [0.25, 0.3) is 0 Å². The van der Waals surface area contributed by atoms with Crippen LogP contribution in [0.4, 0.5) is 5.69 Å². The Balaban J connectivity index is 2.26. The third kappa shape index (κ3) is 5.22. The predicted octanol–water partition coefficient (Wildman–Crippen LogP) is 3.29. The van der Waals surface area contributed by atoms with E-state index in [1.807, 2.05) is 0 Å². The number of hydrogen-bond acceptors (Lipinski definition) is 2. The molecule has 17 heavy (non-hydrogen) atoms. The lowest BCUT2D eigenvalue weighted by Crippen LogP contribution is -2.29. The van der Waals surface area contributed by atoms with Crippen molar-refractivity contribution in [2.45, 2.75) is 39.2 Å². The fourth-order valence-electron chi connectivity index (χ4n) is 2.13. The van der Waals surface area contributed by atoms with E-state index in [0.717, 1.165) is 13.1 Å². The maximum absolute atomic E-state index is 3.53. The molecule has 0 aliphatic carbocycles. The first-order chi connectivity index (χ1) is 8.27. The molecule has 1 aromatic carbocycles. The standard InChI is InChI=1S/C15H26N2/c1-4-14(16-5-2)10-9-13-17(3)15-11-7-6-8-12-15/h6-8,11-12,14,16H,4-5,9-10,13H2,1-3H3. The average Bonchev–Trinajstić information content (AvgIpc) is 2.38. The van der Waals surface area contributed by atoms with E-state index >= 15 is 0 Å². The molecular formula is C15H26N2. The summed E-state index contributed by atoms with van der Waals surface area (Å²) in [6.45, 7) is 6.64. The molecule has 1 atom stereocenters. The van der Waals surface area contributed by atoms with Crippen molar-refractivity contribution in [3.8, 4) is 0 Å². The van der Waals surface area contributed by atoms with E-state index in [2.05, 4.69) is 61.4 Å². The molecule has 0 saturated heterocycles. The molecule has 0 radical (unpaired) electrons. The van der Waals surface area contributed by atoms with Crippen molar-refractivity contribution in [2.24, 2.45) is 0 Å². The number of nitrogens with one attached hydrogen (secondary N) is 1. The Morgan fingerprint density at radius 2 is 1.88 bits per heavy atom. The van der Waals surface area contributed by atoms with Crippen LogP contribution < -0.4 is 10.2 Å². The number of para-hydroxylation sites is 1. The van der Waals surface area contributed by atoms with Crippen LogP contribution in [0, 0.1) is 0 Å². The first-order valence-electron chi connectivity index (χ1n) is 6.77. The normalized spacial score (nSPS) is 12.4. The van der Waals surface area contributed by atoms with Gasteiger partial charge < -0.3 is 10.2 Å². The van der Waals surface area contributed by atoms with E-state index in [1.54, 1.807) is 0 Å². The number of anilines is 1. The van der Waals surface area contributed by atoms with Crippen molar-refractivity contribution in [3.05, 3.63) is 30.3 Å². The Bertz CT molecular complexity index is 284. The molecule has 2 heteroatoms. The summed E-state index contributed by atoms with van der Waals surface area (Å²) in [5, 5.41) is 3.53. The molecule has 1 unspecified atom stereocenters. The number of hydrogen-bond donors (Lipinski definition) is 1. The second-order valence-corrected chi connectivity index (χ2v) is 4.56. The second kappa shape index (κ2) is 8.13. The summed E-state index contributed by atoms with van der Waals surface area (Å²) in [6, 6.07) is 11.3. The minimum atomic E-state index is 0.684. The van der Waals surface area contributed by atoms with Gasteiger partial charge >= 0.3 is 0 Å². The Labute approximate surface area is 106 Å². The zero-order chi connectivity index (χ0) is 12.5. The molecule has 0 aliphatic rings. The Morgan fingerprint density at radius 1 is 1.18 bits per heavy atom. The van der Waals surface area contributed by atoms with Gasteiger partial charge in [0, 0.05) is 25.3 Å². The van der Waals surface area contributed by atoms with Crippen LogP contribution in [0.15, 0.2) is 30.3 Å². The zero-order valence-corrected chi connectivity index (χ0v) is 11.4.